The average Bonchev–Trinajstić information content (AvgIpc) is 3.52. The smallest absolute Gasteiger partial charge is 0.252 e. The second-order valence-electron chi connectivity index (χ2n) is 11.4. The highest BCUT2D eigenvalue weighted by molar-refractivity contribution is 6.01. The van der Waals surface area contributed by atoms with Gasteiger partial charge in [-0.1, -0.05) is 101 Å². The number of carbonyl (C=O) groups excluding carboxylic acids is 1. The minimum Gasteiger partial charge on any atom is -0.494 e. The van der Waals surface area contributed by atoms with Crippen LogP contribution in [0.3, 0.4) is 0 Å². The summed E-state index contributed by atoms with van der Waals surface area (Å²) in [5.74, 6) is 0.364. The zero-order valence-corrected chi connectivity index (χ0v) is 26.4. The summed E-state index contributed by atoms with van der Waals surface area (Å²) >= 11 is 0. The van der Waals surface area contributed by atoms with Gasteiger partial charge in [0.1, 0.15) is 5.75 Å². The van der Waals surface area contributed by atoms with Crippen molar-refractivity contribution in [2.75, 3.05) is 13.2 Å². The molecule has 12 heteroatoms. The minimum atomic E-state index is -1.64. The number of benzene rings is 5. The lowest BCUT2D eigenvalue weighted by atomic mass is 9.81. The van der Waals surface area contributed by atoms with Crippen LogP contribution in [0.25, 0.3) is 31.7 Å². The van der Waals surface area contributed by atoms with E-state index in [2.05, 4.69) is 25.4 Å². The first-order valence-electron chi connectivity index (χ1n) is 15.7. The van der Waals surface area contributed by atoms with Gasteiger partial charge in [-0.15, -0.1) is 0 Å². The Balaban J connectivity index is 1.48. The Morgan fingerprint density at radius 2 is 1.53 bits per heavy atom. The van der Waals surface area contributed by atoms with Crippen LogP contribution in [-0.2, 0) is 22.5 Å². The molecule has 0 aromatic heterocycles. The lowest BCUT2D eigenvalue weighted by Gasteiger charge is -2.32. The summed E-state index contributed by atoms with van der Waals surface area (Å²) in [5, 5.41) is 22.1. The molecule has 1 aliphatic rings. The predicted octanol–water partition coefficient (Wildman–Crippen LogP) is 8.30. The van der Waals surface area contributed by atoms with Gasteiger partial charge in [-0.05, 0) is 57.2 Å². The fourth-order valence-electron chi connectivity index (χ4n) is 5.98. The normalized spacial score (nSPS) is 16.5. The number of hydrogen-bond donors (Lipinski definition) is 2. The van der Waals surface area contributed by atoms with Crippen LogP contribution in [0.1, 0.15) is 34.8 Å². The molecule has 0 radical (unpaired) electrons. The quantitative estimate of drug-likeness (QED) is 0.0563. The Morgan fingerprint density at radius 1 is 0.857 bits per heavy atom. The zero-order chi connectivity index (χ0) is 34.1. The van der Waals surface area contributed by atoms with Crippen LogP contribution in [0.5, 0.6) is 5.75 Å². The standard InChI is InChI=1S/C37H32N8O4/c38-44-42-32-15-5-2-10-27(32)23-37(36(47)40-24-28-12-7-11-25-9-1-3-13-30(25)28)34(31-14-4-6-16-33(31)43-45-39)49-35(41-37)26-17-19-29(20-18-26)48-22-8-21-46/h1-7,9-20,34,46H,8,21-24H2,(H,40,47)/t34-,37-/m1/s1. The fourth-order valence-corrected chi connectivity index (χ4v) is 5.98. The van der Waals surface area contributed by atoms with Crippen molar-refractivity contribution >= 4 is 34.0 Å². The van der Waals surface area contributed by atoms with E-state index < -0.39 is 17.6 Å². The lowest BCUT2D eigenvalue weighted by Crippen LogP contribution is -2.49. The number of azide groups is 2. The third-order valence-electron chi connectivity index (χ3n) is 8.32. The van der Waals surface area contributed by atoms with Crippen molar-refractivity contribution in [1.82, 2.24) is 5.32 Å². The maximum Gasteiger partial charge on any atom is 0.252 e. The summed E-state index contributed by atoms with van der Waals surface area (Å²) in [6.45, 7) is 0.584. The summed E-state index contributed by atoms with van der Waals surface area (Å²) in [5.41, 5.74) is 20.3. The number of aliphatic imine (C=N–C) groups is 1. The van der Waals surface area contributed by atoms with Crippen molar-refractivity contribution in [3.63, 3.8) is 0 Å². The summed E-state index contributed by atoms with van der Waals surface area (Å²) < 4.78 is 12.3. The predicted molar refractivity (Wildman–Crippen MR) is 187 cm³/mol. The van der Waals surface area contributed by atoms with Crippen LogP contribution in [0.4, 0.5) is 11.4 Å². The molecule has 5 aromatic carbocycles. The molecule has 5 aromatic rings. The molecule has 2 N–H and O–H groups in total. The van der Waals surface area contributed by atoms with E-state index in [1.807, 2.05) is 42.5 Å². The van der Waals surface area contributed by atoms with Crippen LogP contribution >= 0.6 is 0 Å². The van der Waals surface area contributed by atoms with Gasteiger partial charge in [-0.3, -0.25) is 4.79 Å². The Hall–Kier alpha value is -6.32. The first-order chi connectivity index (χ1) is 24.1. The number of nitrogens with zero attached hydrogens (tertiary/aromatic N) is 7. The van der Waals surface area contributed by atoms with Gasteiger partial charge in [0.25, 0.3) is 5.91 Å². The first kappa shape index (κ1) is 32.6. The number of rotatable bonds is 13. The van der Waals surface area contributed by atoms with Crippen LogP contribution in [0.15, 0.2) is 130 Å². The van der Waals surface area contributed by atoms with E-state index in [1.165, 1.54) is 0 Å². The topological polar surface area (TPSA) is 178 Å². The molecule has 0 aliphatic carbocycles. The Morgan fingerprint density at radius 3 is 2.33 bits per heavy atom. The molecule has 1 heterocycles. The second-order valence-corrected chi connectivity index (χ2v) is 11.4. The van der Waals surface area contributed by atoms with Gasteiger partial charge >= 0.3 is 0 Å². The van der Waals surface area contributed by atoms with Gasteiger partial charge in [0.05, 0.1) is 6.61 Å². The summed E-state index contributed by atoms with van der Waals surface area (Å²) in [6, 6.07) is 34.9. The number of ether oxygens (including phenoxy) is 2. The van der Waals surface area contributed by atoms with Crippen molar-refractivity contribution in [2.24, 2.45) is 15.2 Å². The van der Waals surface area contributed by atoms with E-state index in [4.69, 9.17) is 19.6 Å². The third-order valence-corrected chi connectivity index (χ3v) is 8.32. The summed E-state index contributed by atoms with van der Waals surface area (Å²) in [4.78, 5) is 25.9. The van der Waals surface area contributed by atoms with Crippen molar-refractivity contribution < 1.29 is 19.4 Å². The van der Waals surface area contributed by atoms with E-state index in [0.717, 1.165) is 16.3 Å². The van der Waals surface area contributed by atoms with E-state index in [1.54, 1.807) is 72.8 Å². The fraction of sp³-hybridized carbons (Fsp3) is 0.189. The number of nitrogens with one attached hydrogen (secondary N) is 1. The van der Waals surface area contributed by atoms with E-state index in [0.29, 0.717) is 41.2 Å². The van der Waals surface area contributed by atoms with Gasteiger partial charge in [0.15, 0.2) is 11.6 Å². The monoisotopic (exact) mass is 652 g/mol. The highest BCUT2D eigenvalue weighted by Crippen LogP contribution is 2.46. The number of carbonyl (C=O) groups is 1. The number of aliphatic hydroxyl groups excluding tert-OH is 1. The van der Waals surface area contributed by atoms with Crippen molar-refractivity contribution in [3.05, 3.63) is 158 Å². The molecular formula is C37H32N8O4. The molecule has 1 aliphatic heterocycles. The van der Waals surface area contributed by atoms with Crippen LogP contribution in [0, 0.1) is 0 Å². The van der Waals surface area contributed by atoms with Gasteiger partial charge in [-0.25, -0.2) is 4.99 Å². The number of fused-ring (bicyclic) bond motifs is 1. The number of hydrogen-bond acceptors (Lipinski definition) is 7. The van der Waals surface area contributed by atoms with Crippen molar-refractivity contribution in [2.45, 2.75) is 31.0 Å². The highest BCUT2D eigenvalue weighted by Gasteiger charge is 2.54. The van der Waals surface area contributed by atoms with Crippen molar-refractivity contribution in [3.8, 4) is 5.75 Å². The molecule has 6 rings (SSSR count). The molecule has 0 saturated heterocycles. The van der Waals surface area contributed by atoms with E-state index >= 15 is 0 Å². The van der Waals surface area contributed by atoms with Crippen LogP contribution in [0.2, 0.25) is 0 Å². The molecule has 2 atom stereocenters. The zero-order valence-electron chi connectivity index (χ0n) is 26.4. The molecule has 0 fully saturated rings. The second kappa shape index (κ2) is 15.1. The Labute approximate surface area is 281 Å². The molecule has 49 heavy (non-hydrogen) atoms. The summed E-state index contributed by atoms with van der Waals surface area (Å²) in [7, 11) is 0. The maximum absolute atomic E-state index is 14.8. The molecule has 0 bridgehead atoms. The van der Waals surface area contributed by atoms with Gasteiger partial charge in [0, 0.05) is 58.3 Å². The van der Waals surface area contributed by atoms with Gasteiger partial charge < -0.3 is 19.9 Å². The average molecular weight is 653 g/mol. The molecule has 0 unspecified atom stereocenters. The number of amides is 1. The third kappa shape index (κ3) is 7.02. The van der Waals surface area contributed by atoms with Crippen molar-refractivity contribution in [1.29, 1.82) is 0 Å². The largest absolute Gasteiger partial charge is 0.494 e. The lowest BCUT2D eigenvalue weighted by molar-refractivity contribution is -0.129. The van der Waals surface area contributed by atoms with Crippen LogP contribution in [-0.4, -0.2) is 35.7 Å². The minimum absolute atomic E-state index is 0.00924. The van der Waals surface area contributed by atoms with Gasteiger partial charge in [-0.2, -0.15) is 0 Å². The Kier molecular flexibility index (Phi) is 10.0. The molecule has 1 amide bonds. The molecular weight excluding hydrogens is 620 g/mol. The number of aliphatic hydroxyl groups is 1. The van der Waals surface area contributed by atoms with E-state index in [9.17, 15) is 15.9 Å². The summed E-state index contributed by atoms with van der Waals surface area (Å²) in [6.07, 6.45) is -0.557. The molecule has 12 nitrogen and oxygen atoms in total. The molecule has 0 spiro atoms. The first-order valence-corrected chi connectivity index (χ1v) is 15.7. The SMILES string of the molecule is [N-]=[N+]=Nc1ccccc1C[C@@]1(C(=O)NCc2cccc3ccccc23)N=C(c2ccc(OCCCO)cc2)O[C@@H]1c1ccccc1N=[N+]=[N-]. The van der Waals surface area contributed by atoms with Gasteiger partial charge in [0.2, 0.25) is 5.90 Å². The Bertz CT molecular complexity index is 2100. The van der Waals surface area contributed by atoms with E-state index in [-0.39, 0.29) is 31.2 Å². The van der Waals surface area contributed by atoms with Crippen LogP contribution < -0.4 is 10.1 Å². The molecule has 0 saturated carbocycles. The maximum atomic E-state index is 14.8. The highest BCUT2D eigenvalue weighted by atomic mass is 16.5. The molecule has 244 valence electrons.